The Balaban J connectivity index is 1.18. The predicted molar refractivity (Wildman–Crippen MR) is 136 cm³/mol. The van der Waals surface area contributed by atoms with Gasteiger partial charge in [-0.1, -0.05) is 65.9 Å². The Bertz CT molecular complexity index is 1450. The van der Waals surface area contributed by atoms with Gasteiger partial charge in [-0.3, -0.25) is 14.4 Å². The van der Waals surface area contributed by atoms with Crippen LogP contribution in [0, 0.1) is 0 Å². The number of carbonyl (C=O) groups is 2. The first-order chi connectivity index (χ1) is 17.6. The molecule has 0 saturated carbocycles. The molecule has 8 heteroatoms. The van der Waals surface area contributed by atoms with E-state index >= 15 is 0 Å². The van der Waals surface area contributed by atoms with Crippen LogP contribution in [-0.4, -0.2) is 44.8 Å². The van der Waals surface area contributed by atoms with E-state index < -0.39 is 0 Å². The van der Waals surface area contributed by atoms with E-state index in [9.17, 15) is 14.4 Å². The number of rotatable bonds is 9. The van der Waals surface area contributed by atoms with Gasteiger partial charge in [0.05, 0.1) is 5.39 Å². The number of hydrogen-bond acceptors (Lipinski definition) is 5. The summed E-state index contributed by atoms with van der Waals surface area (Å²) in [5.74, 6) is -0.115. The number of aryl methyl sites for hydroxylation is 1. The van der Waals surface area contributed by atoms with Crippen molar-refractivity contribution in [1.29, 1.82) is 0 Å². The van der Waals surface area contributed by atoms with Crippen molar-refractivity contribution in [2.75, 3.05) is 13.1 Å². The molecular formula is C28H27N5O3. The summed E-state index contributed by atoms with van der Waals surface area (Å²) in [4.78, 5) is 39.9. The van der Waals surface area contributed by atoms with Crippen molar-refractivity contribution in [2.45, 2.75) is 31.8 Å². The third-order valence-corrected chi connectivity index (χ3v) is 6.56. The summed E-state index contributed by atoms with van der Waals surface area (Å²) in [6, 6.07) is 24.7. The van der Waals surface area contributed by atoms with Gasteiger partial charge in [0.25, 0.3) is 11.5 Å². The lowest BCUT2D eigenvalue weighted by Crippen LogP contribution is -2.36. The van der Waals surface area contributed by atoms with E-state index in [0.717, 1.165) is 16.7 Å². The Morgan fingerprint density at radius 1 is 0.944 bits per heavy atom. The molecule has 2 amide bonds. The second-order valence-electron chi connectivity index (χ2n) is 8.99. The molecule has 0 fully saturated rings. The van der Waals surface area contributed by atoms with Crippen LogP contribution >= 0.6 is 0 Å². The Hall–Kier alpha value is -4.33. The first-order valence-electron chi connectivity index (χ1n) is 12.1. The maximum Gasteiger partial charge on any atom is 0.277 e. The molecule has 0 bridgehead atoms. The highest BCUT2D eigenvalue weighted by molar-refractivity contribution is 5.98. The Labute approximate surface area is 208 Å². The van der Waals surface area contributed by atoms with Gasteiger partial charge in [0, 0.05) is 44.1 Å². The van der Waals surface area contributed by atoms with Gasteiger partial charge in [0.1, 0.15) is 5.52 Å². The summed E-state index contributed by atoms with van der Waals surface area (Å²) in [5, 5.41) is 11.6. The molecule has 1 aromatic heterocycles. The highest BCUT2D eigenvalue weighted by atomic mass is 16.2. The molecule has 2 heterocycles. The average molecular weight is 482 g/mol. The van der Waals surface area contributed by atoms with Crippen molar-refractivity contribution in [1.82, 2.24) is 25.2 Å². The summed E-state index contributed by atoms with van der Waals surface area (Å²) < 4.78 is 1.30. The Kier molecular flexibility index (Phi) is 6.84. The van der Waals surface area contributed by atoms with Crippen LogP contribution in [0.15, 0.2) is 83.7 Å². The van der Waals surface area contributed by atoms with Crippen LogP contribution in [0.5, 0.6) is 0 Å². The minimum absolute atomic E-state index is 0.0276. The van der Waals surface area contributed by atoms with Crippen LogP contribution in [-0.2, 0) is 17.9 Å². The number of nitrogens with zero attached hydrogens (tertiary/aromatic N) is 4. The number of nitrogens with one attached hydrogen (secondary N) is 1. The van der Waals surface area contributed by atoms with Crippen LogP contribution in [0.4, 0.5) is 0 Å². The SMILES string of the molecule is O=C(CCCn1nnc2ccccc2c1=O)NC[C@@H](CN1Cc2ccccc2C1=O)c1ccccc1. The summed E-state index contributed by atoms with van der Waals surface area (Å²) >= 11 is 0. The van der Waals surface area contributed by atoms with Crippen molar-refractivity contribution < 1.29 is 9.59 Å². The second-order valence-corrected chi connectivity index (χ2v) is 8.99. The van der Waals surface area contributed by atoms with Crippen molar-refractivity contribution in [2.24, 2.45) is 0 Å². The van der Waals surface area contributed by atoms with E-state index in [-0.39, 0.29) is 29.7 Å². The van der Waals surface area contributed by atoms with Crippen molar-refractivity contribution in [3.8, 4) is 0 Å². The molecule has 0 spiro atoms. The maximum atomic E-state index is 12.9. The molecule has 1 N–H and O–H groups in total. The fourth-order valence-electron chi connectivity index (χ4n) is 4.63. The highest BCUT2D eigenvalue weighted by Gasteiger charge is 2.29. The lowest BCUT2D eigenvalue weighted by molar-refractivity contribution is -0.121. The molecule has 1 aliphatic rings. The summed E-state index contributed by atoms with van der Waals surface area (Å²) in [7, 11) is 0. The number of hydrogen-bond donors (Lipinski definition) is 1. The van der Waals surface area contributed by atoms with Crippen LogP contribution < -0.4 is 10.9 Å². The largest absolute Gasteiger partial charge is 0.355 e. The fourth-order valence-corrected chi connectivity index (χ4v) is 4.63. The zero-order chi connectivity index (χ0) is 24.9. The van der Waals surface area contributed by atoms with Crippen molar-refractivity contribution in [3.05, 3.63) is 106 Å². The molecule has 0 unspecified atom stereocenters. The summed E-state index contributed by atoms with van der Waals surface area (Å²) in [6.07, 6.45) is 0.727. The maximum absolute atomic E-state index is 12.9. The quantitative estimate of drug-likeness (QED) is 0.396. The van der Waals surface area contributed by atoms with Crippen LogP contribution in [0.25, 0.3) is 10.9 Å². The van der Waals surface area contributed by atoms with Gasteiger partial charge in [-0.25, -0.2) is 4.68 Å². The molecule has 5 rings (SSSR count). The van der Waals surface area contributed by atoms with Crippen LogP contribution in [0.2, 0.25) is 0 Å². The fraction of sp³-hybridized carbons (Fsp3) is 0.250. The number of amides is 2. The predicted octanol–water partition coefficient (Wildman–Crippen LogP) is 3.13. The summed E-state index contributed by atoms with van der Waals surface area (Å²) in [5.41, 5.74) is 3.20. The Morgan fingerprint density at radius 2 is 1.69 bits per heavy atom. The normalized spacial score (nSPS) is 13.6. The lowest BCUT2D eigenvalue weighted by Gasteiger charge is -2.24. The Morgan fingerprint density at radius 3 is 2.53 bits per heavy atom. The van der Waals surface area contributed by atoms with E-state index in [4.69, 9.17) is 0 Å². The van der Waals surface area contributed by atoms with Gasteiger partial charge in [0.2, 0.25) is 5.91 Å². The molecule has 0 saturated heterocycles. The molecular weight excluding hydrogens is 454 g/mol. The molecule has 1 aliphatic heterocycles. The average Bonchev–Trinajstić information content (AvgIpc) is 3.23. The van der Waals surface area contributed by atoms with E-state index in [0.29, 0.717) is 43.5 Å². The van der Waals surface area contributed by atoms with Crippen LogP contribution in [0.1, 0.15) is 40.2 Å². The standard InChI is InChI=1S/C28H27N5O3/c34-26(15-8-16-33-28(36)24-13-6-7-14-25(24)30-31-33)29-17-22(20-9-2-1-3-10-20)19-32-18-21-11-4-5-12-23(21)27(32)35/h1-7,9-14,22H,8,15-19H2,(H,29,34)/t22-/m0/s1. The van der Waals surface area contributed by atoms with E-state index in [1.165, 1.54) is 4.68 Å². The van der Waals surface area contributed by atoms with E-state index in [1.54, 1.807) is 18.2 Å². The van der Waals surface area contributed by atoms with Gasteiger partial charge in [-0.2, -0.15) is 0 Å². The molecule has 8 nitrogen and oxygen atoms in total. The number of benzene rings is 3. The molecule has 4 aromatic rings. The molecule has 36 heavy (non-hydrogen) atoms. The first-order valence-corrected chi connectivity index (χ1v) is 12.1. The molecule has 182 valence electrons. The molecule has 0 aliphatic carbocycles. The number of carbonyl (C=O) groups excluding carboxylic acids is 2. The number of fused-ring (bicyclic) bond motifs is 2. The third kappa shape index (κ3) is 5.02. The van der Waals surface area contributed by atoms with Gasteiger partial charge in [-0.15, -0.1) is 5.10 Å². The van der Waals surface area contributed by atoms with Gasteiger partial charge < -0.3 is 10.2 Å². The topological polar surface area (TPSA) is 97.2 Å². The minimum Gasteiger partial charge on any atom is -0.355 e. The monoisotopic (exact) mass is 481 g/mol. The van der Waals surface area contributed by atoms with Crippen molar-refractivity contribution >= 4 is 22.7 Å². The third-order valence-electron chi connectivity index (χ3n) is 6.56. The van der Waals surface area contributed by atoms with Crippen molar-refractivity contribution in [3.63, 3.8) is 0 Å². The smallest absolute Gasteiger partial charge is 0.277 e. The molecule has 1 atom stereocenters. The van der Waals surface area contributed by atoms with E-state index in [1.807, 2.05) is 65.6 Å². The highest BCUT2D eigenvalue weighted by Crippen LogP contribution is 2.26. The second kappa shape index (κ2) is 10.5. The van der Waals surface area contributed by atoms with Gasteiger partial charge >= 0.3 is 0 Å². The van der Waals surface area contributed by atoms with Gasteiger partial charge in [0.15, 0.2) is 0 Å². The zero-order valence-electron chi connectivity index (χ0n) is 19.8. The first kappa shape index (κ1) is 23.4. The zero-order valence-corrected chi connectivity index (χ0v) is 19.8. The lowest BCUT2D eigenvalue weighted by atomic mass is 9.98. The van der Waals surface area contributed by atoms with E-state index in [2.05, 4.69) is 15.6 Å². The minimum atomic E-state index is -0.207. The number of aromatic nitrogens is 3. The molecule has 0 radical (unpaired) electrons. The van der Waals surface area contributed by atoms with Gasteiger partial charge in [-0.05, 0) is 35.7 Å². The molecule has 3 aromatic carbocycles. The van der Waals surface area contributed by atoms with Crippen LogP contribution in [0.3, 0.4) is 0 Å². The summed E-state index contributed by atoms with van der Waals surface area (Å²) in [6.45, 7) is 1.82.